The summed E-state index contributed by atoms with van der Waals surface area (Å²) in [5.74, 6) is -0.288. The fourth-order valence-electron chi connectivity index (χ4n) is 0.351. The molecule has 0 aromatic carbocycles. The van der Waals surface area contributed by atoms with Gasteiger partial charge in [0.25, 0.3) is 5.90 Å². The first-order valence-electron chi connectivity index (χ1n) is 2.92. The number of rotatable bonds is 3. The van der Waals surface area contributed by atoms with Crippen molar-refractivity contribution in [3.8, 4) is 6.07 Å². The van der Waals surface area contributed by atoms with E-state index in [1.807, 2.05) is 6.92 Å². The lowest BCUT2D eigenvalue weighted by Gasteiger charge is -1.97. The second-order valence-electron chi connectivity index (χ2n) is 1.64. The van der Waals surface area contributed by atoms with Gasteiger partial charge in [0, 0.05) is 0 Å². The third kappa shape index (κ3) is 4.82. The van der Waals surface area contributed by atoms with Gasteiger partial charge in [0.05, 0.1) is 6.61 Å². The first kappa shape index (κ1) is 7.96. The Morgan fingerprint density at radius 3 is 2.89 bits per heavy atom. The van der Waals surface area contributed by atoms with Crippen molar-refractivity contribution in [2.75, 3.05) is 6.61 Å². The minimum atomic E-state index is -0.288. The third-order valence-electron chi connectivity index (χ3n) is 0.846. The number of unbranched alkanes of at least 4 members (excludes halogenated alkanes) is 1. The zero-order valence-corrected chi connectivity index (χ0v) is 5.48. The highest BCUT2D eigenvalue weighted by molar-refractivity contribution is 5.88. The molecule has 0 atom stereocenters. The van der Waals surface area contributed by atoms with Crippen LogP contribution in [0.4, 0.5) is 0 Å². The minimum absolute atomic E-state index is 0.288. The molecule has 1 N–H and O–H groups in total. The number of hydrogen-bond acceptors (Lipinski definition) is 3. The molecular formula is C6H10N2O. The topological polar surface area (TPSA) is 56.9 Å². The largest absolute Gasteiger partial charge is 0.470 e. The lowest BCUT2D eigenvalue weighted by Crippen LogP contribution is -2.00. The van der Waals surface area contributed by atoms with Crippen LogP contribution in [0.3, 0.4) is 0 Å². The second kappa shape index (κ2) is 5.10. The van der Waals surface area contributed by atoms with Crippen molar-refractivity contribution in [1.29, 1.82) is 10.7 Å². The summed E-state index contributed by atoms with van der Waals surface area (Å²) in [7, 11) is 0. The van der Waals surface area contributed by atoms with Crippen LogP contribution in [-0.4, -0.2) is 12.5 Å². The van der Waals surface area contributed by atoms with E-state index in [4.69, 9.17) is 10.7 Å². The van der Waals surface area contributed by atoms with E-state index in [-0.39, 0.29) is 5.90 Å². The average Bonchev–Trinajstić information content (AvgIpc) is 1.89. The molecule has 0 aliphatic rings. The summed E-state index contributed by atoms with van der Waals surface area (Å²) in [6, 6.07) is 1.58. The van der Waals surface area contributed by atoms with Crippen LogP contribution < -0.4 is 0 Å². The summed E-state index contributed by atoms with van der Waals surface area (Å²) in [6.45, 7) is 2.52. The quantitative estimate of drug-likeness (QED) is 0.352. The van der Waals surface area contributed by atoms with Crippen LogP contribution in [0.5, 0.6) is 0 Å². The molecule has 3 heteroatoms. The lowest BCUT2D eigenvalue weighted by molar-refractivity contribution is 0.298. The van der Waals surface area contributed by atoms with Crippen molar-refractivity contribution in [1.82, 2.24) is 0 Å². The highest BCUT2D eigenvalue weighted by Gasteiger charge is 1.90. The van der Waals surface area contributed by atoms with Gasteiger partial charge in [-0.15, -0.1) is 0 Å². The molecule has 0 aromatic heterocycles. The molecule has 0 spiro atoms. The number of ether oxygens (including phenoxy) is 1. The Hall–Kier alpha value is -1.04. The predicted molar refractivity (Wildman–Crippen MR) is 34.2 cm³/mol. The van der Waals surface area contributed by atoms with Gasteiger partial charge in [0.2, 0.25) is 0 Å². The standard InChI is InChI=1S/C6H10N2O/c1-2-3-4-9-6(8)5-7/h8H,2-4H2,1H3. The molecule has 9 heavy (non-hydrogen) atoms. The van der Waals surface area contributed by atoms with Crippen LogP contribution in [0.1, 0.15) is 19.8 Å². The van der Waals surface area contributed by atoms with Gasteiger partial charge in [-0.25, -0.2) is 0 Å². The molecule has 0 aromatic rings. The van der Waals surface area contributed by atoms with E-state index >= 15 is 0 Å². The van der Waals surface area contributed by atoms with E-state index in [0.29, 0.717) is 6.61 Å². The monoisotopic (exact) mass is 126 g/mol. The van der Waals surface area contributed by atoms with Crippen LogP contribution in [0.15, 0.2) is 0 Å². The second-order valence-corrected chi connectivity index (χ2v) is 1.64. The molecule has 0 rings (SSSR count). The summed E-state index contributed by atoms with van der Waals surface area (Å²) in [5.41, 5.74) is 0. The van der Waals surface area contributed by atoms with E-state index in [0.717, 1.165) is 12.8 Å². The summed E-state index contributed by atoms with van der Waals surface area (Å²) < 4.78 is 4.65. The van der Waals surface area contributed by atoms with Gasteiger partial charge >= 0.3 is 0 Å². The molecule has 0 bridgehead atoms. The van der Waals surface area contributed by atoms with Gasteiger partial charge in [0.15, 0.2) is 6.07 Å². The van der Waals surface area contributed by atoms with Crippen molar-refractivity contribution in [2.24, 2.45) is 0 Å². The molecule has 0 unspecified atom stereocenters. The van der Waals surface area contributed by atoms with Gasteiger partial charge in [0.1, 0.15) is 0 Å². The fourth-order valence-corrected chi connectivity index (χ4v) is 0.351. The van der Waals surface area contributed by atoms with E-state index in [9.17, 15) is 0 Å². The summed E-state index contributed by atoms with van der Waals surface area (Å²) >= 11 is 0. The zero-order valence-electron chi connectivity index (χ0n) is 5.48. The molecule has 50 valence electrons. The third-order valence-corrected chi connectivity index (χ3v) is 0.846. The summed E-state index contributed by atoms with van der Waals surface area (Å²) in [4.78, 5) is 0. The van der Waals surface area contributed by atoms with Gasteiger partial charge in [-0.3, -0.25) is 5.41 Å². The number of nitrogens with one attached hydrogen (secondary N) is 1. The van der Waals surface area contributed by atoms with Crippen LogP contribution in [-0.2, 0) is 4.74 Å². The predicted octanol–water partition coefficient (Wildman–Crippen LogP) is 1.30. The fraction of sp³-hybridized carbons (Fsp3) is 0.667. The van der Waals surface area contributed by atoms with Gasteiger partial charge in [-0.1, -0.05) is 13.3 Å². The highest BCUT2D eigenvalue weighted by Crippen LogP contribution is 1.87. The normalized spacial score (nSPS) is 8.00. The molecular weight excluding hydrogens is 116 g/mol. The SMILES string of the molecule is CCCCOC(=N)C#N. The summed E-state index contributed by atoms with van der Waals surface area (Å²) in [5, 5.41) is 14.8. The number of nitrogens with zero attached hydrogens (tertiary/aromatic N) is 1. The molecule has 0 saturated carbocycles. The zero-order chi connectivity index (χ0) is 7.11. The van der Waals surface area contributed by atoms with Crippen LogP contribution in [0, 0.1) is 16.7 Å². The molecule has 0 aliphatic heterocycles. The average molecular weight is 126 g/mol. The Morgan fingerprint density at radius 2 is 2.44 bits per heavy atom. The van der Waals surface area contributed by atoms with Crippen LogP contribution >= 0.6 is 0 Å². The molecule has 0 heterocycles. The maximum absolute atomic E-state index is 8.03. The van der Waals surface area contributed by atoms with Gasteiger partial charge < -0.3 is 4.74 Å². The summed E-state index contributed by atoms with van der Waals surface area (Å²) in [6.07, 6.45) is 1.93. The van der Waals surface area contributed by atoms with Crippen molar-refractivity contribution < 1.29 is 4.74 Å². The molecule has 0 amide bonds. The Morgan fingerprint density at radius 1 is 1.78 bits per heavy atom. The molecule has 0 radical (unpaired) electrons. The first-order valence-corrected chi connectivity index (χ1v) is 2.92. The Balaban J connectivity index is 3.10. The molecule has 0 fully saturated rings. The van der Waals surface area contributed by atoms with E-state index < -0.39 is 0 Å². The Bertz CT molecular complexity index is 126. The van der Waals surface area contributed by atoms with Crippen LogP contribution in [0.25, 0.3) is 0 Å². The van der Waals surface area contributed by atoms with Crippen molar-refractivity contribution in [3.05, 3.63) is 0 Å². The van der Waals surface area contributed by atoms with E-state index in [2.05, 4.69) is 4.74 Å². The van der Waals surface area contributed by atoms with E-state index in [1.165, 1.54) is 0 Å². The Labute approximate surface area is 54.8 Å². The van der Waals surface area contributed by atoms with E-state index in [1.54, 1.807) is 6.07 Å². The number of nitriles is 1. The maximum atomic E-state index is 8.03. The molecule has 3 nitrogen and oxygen atoms in total. The van der Waals surface area contributed by atoms with Crippen molar-refractivity contribution in [2.45, 2.75) is 19.8 Å². The van der Waals surface area contributed by atoms with Crippen molar-refractivity contribution in [3.63, 3.8) is 0 Å². The lowest BCUT2D eigenvalue weighted by atomic mass is 10.4. The Kier molecular flexibility index (Phi) is 4.51. The van der Waals surface area contributed by atoms with Gasteiger partial charge in [-0.05, 0) is 6.42 Å². The smallest absolute Gasteiger partial charge is 0.287 e. The van der Waals surface area contributed by atoms with Gasteiger partial charge in [-0.2, -0.15) is 5.26 Å². The maximum Gasteiger partial charge on any atom is 0.287 e. The molecule has 0 aliphatic carbocycles. The first-order chi connectivity index (χ1) is 4.31. The highest BCUT2D eigenvalue weighted by atomic mass is 16.5. The number of hydrogen-bond donors (Lipinski definition) is 1. The van der Waals surface area contributed by atoms with Crippen LogP contribution in [0.2, 0.25) is 0 Å². The van der Waals surface area contributed by atoms with Crippen molar-refractivity contribution >= 4 is 5.90 Å². The molecule has 0 saturated heterocycles. The minimum Gasteiger partial charge on any atom is -0.470 e.